The molecule has 3 rings (SSSR count). The molecule has 0 bridgehead atoms. The van der Waals surface area contributed by atoms with Gasteiger partial charge in [0.25, 0.3) is 0 Å². The molecule has 0 fully saturated rings. The Bertz CT molecular complexity index is 1140. The molecular formula is C24H35N5O4S. The number of carbonyl (C=O) groups excluding carboxylic acids is 2. The van der Waals surface area contributed by atoms with Crippen molar-refractivity contribution in [2.24, 2.45) is 5.41 Å². The van der Waals surface area contributed by atoms with Crippen LogP contribution in [0.3, 0.4) is 0 Å². The van der Waals surface area contributed by atoms with Gasteiger partial charge in [-0.3, -0.25) is 9.59 Å². The maximum Gasteiger partial charge on any atom is 0.242 e. The van der Waals surface area contributed by atoms with Gasteiger partial charge in [0.2, 0.25) is 21.8 Å². The molecule has 0 aliphatic carbocycles. The van der Waals surface area contributed by atoms with Gasteiger partial charge < -0.3 is 15.2 Å². The van der Waals surface area contributed by atoms with Gasteiger partial charge in [-0.15, -0.1) is 0 Å². The van der Waals surface area contributed by atoms with Crippen molar-refractivity contribution in [3.63, 3.8) is 0 Å². The number of fused-ring (bicyclic) bond motifs is 1. The Morgan fingerprint density at radius 3 is 2.41 bits per heavy atom. The molecule has 1 aromatic heterocycles. The number of benzene rings is 1. The second-order valence-corrected chi connectivity index (χ2v) is 11.8. The minimum absolute atomic E-state index is 0.0158. The average molecular weight is 490 g/mol. The zero-order valence-corrected chi connectivity index (χ0v) is 21.4. The van der Waals surface area contributed by atoms with Crippen molar-refractivity contribution < 1.29 is 18.0 Å². The summed E-state index contributed by atoms with van der Waals surface area (Å²) in [5, 5.41) is 5.45. The molecule has 0 saturated heterocycles. The molecule has 0 saturated carbocycles. The summed E-state index contributed by atoms with van der Waals surface area (Å²) in [6, 6.07) is 8.96. The molecule has 186 valence electrons. The van der Waals surface area contributed by atoms with Crippen LogP contribution in [0, 0.1) is 5.41 Å². The van der Waals surface area contributed by atoms with Crippen LogP contribution in [0.25, 0.3) is 11.4 Å². The van der Waals surface area contributed by atoms with Crippen molar-refractivity contribution in [1.82, 2.24) is 24.5 Å². The predicted molar refractivity (Wildman–Crippen MR) is 131 cm³/mol. The van der Waals surface area contributed by atoms with Crippen LogP contribution in [0.15, 0.2) is 30.3 Å². The zero-order valence-electron chi connectivity index (χ0n) is 20.6. The molecule has 2 heterocycles. The van der Waals surface area contributed by atoms with E-state index in [9.17, 15) is 18.0 Å². The number of sulfonamides is 1. The van der Waals surface area contributed by atoms with Crippen molar-refractivity contribution in [2.75, 3.05) is 19.3 Å². The fourth-order valence-electron chi connectivity index (χ4n) is 4.16. The predicted octanol–water partition coefficient (Wildman–Crippen LogP) is 1.92. The molecule has 10 heteroatoms. The normalized spacial score (nSPS) is 15.8. The van der Waals surface area contributed by atoms with Crippen LogP contribution in [0.2, 0.25) is 0 Å². The molecule has 2 N–H and O–H groups in total. The Morgan fingerprint density at radius 1 is 1.15 bits per heavy atom. The molecule has 9 nitrogen and oxygen atoms in total. The van der Waals surface area contributed by atoms with Crippen molar-refractivity contribution >= 4 is 21.8 Å². The van der Waals surface area contributed by atoms with Crippen LogP contribution < -0.4 is 10.6 Å². The second kappa shape index (κ2) is 10.3. The largest absolute Gasteiger partial charge is 0.357 e. The van der Waals surface area contributed by atoms with Crippen LogP contribution in [-0.4, -0.2) is 59.5 Å². The van der Waals surface area contributed by atoms with Gasteiger partial charge in [-0.2, -0.15) is 4.31 Å². The van der Waals surface area contributed by atoms with Gasteiger partial charge in [0.05, 0.1) is 30.1 Å². The summed E-state index contributed by atoms with van der Waals surface area (Å²) in [7, 11) is -1.86. The third kappa shape index (κ3) is 5.67. The summed E-state index contributed by atoms with van der Waals surface area (Å²) in [4.78, 5) is 30.3. The first-order valence-electron chi connectivity index (χ1n) is 11.6. The fourth-order valence-corrected chi connectivity index (χ4v) is 5.25. The van der Waals surface area contributed by atoms with E-state index in [1.54, 1.807) is 6.92 Å². The highest BCUT2D eigenvalue weighted by atomic mass is 32.2. The number of hydrogen-bond donors (Lipinski definition) is 2. The Balaban J connectivity index is 1.99. The summed E-state index contributed by atoms with van der Waals surface area (Å²) < 4.78 is 28.8. The number of rotatable bonds is 7. The topological polar surface area (TPSA) is 113 Å². The number of aromatic nitrogens is 2. The summed E-state index contributed by atoms with van der Waals surface area (Å²) in [5.41, 5.74) is 1.66. The lowest BCUT2D eigenvalue weighted by Gasteiger charge is -2.29. The lowest BCUT2D eigenvalue weighted by Crippen LogP contribution is -2.53. The third-order valence-electron chi connectivity index (χ3n) is 6.07. The van der Waals surface area contributed by atoms with Gasteiger partial charge in [0.15, 0.2) is 0 Å². The van der Waals surface area contributed by atoms with Gasteiger partial charge in [-0.25, -0.2) is 13.4 Å². The summed E-state index contributed by atoms with van der Waals surface area (Å²) in [6.07, 6.45) is 0.600. The molecule has 1 atom stereocenters. The minimum Gasteiger partial charge on any atom is -0.357 e. The van der Waals surface area contributed by atoms with E-state index < -0.39 is 21.5 Å². The Kier molecular flexibility index (Phi) is 7.82. The molecule has 1 aliphatic rings. The SMILES string of the molecule is CCS(=O)(=O)N1CCCn2c(-c3ccccc3)nc(CC(=O)N[C@H](C(=O)NC)C(C)(C)C)c2C1. The molecular weight excluding hydrogens is 454 g/mol. The Morgan fingerprint density at radius 2 is 1.82 bits per heavy atom. The summed E-state index contributed by atoms with van der Waals surface area (Å²) in [5.74, 6) is 0.128. The minimum atomic E-state index is -3.40. The first kappa shape index (κ1) is 25.9. The van der Waals surface area contributed by atoms with E-state index in [1.165, 1.54) is 11.4 Å². The van der Waals surface area contributed by atoms with Crippen LogP contribution in [-0.2, 0) is 39.1 Å². The van der Waals surface area contributed by atoms with Crippen molar-refractivity contribution in [3.05, 3.63) is 41.7 Å². The van der Waals surface area contributed by atoms with Gasteiger partial charge in [-0.05, 0) is 18.8 Å². The number of hydrogen-bond acceptors (Lipinski definition) is 5. The van der Waals surface area contributed by atoms with Crippen LogP contribution in [0.1, 0.15) is 45.5 Å². The molecule has 1 aliphatic heterocycles. The quantitative estimate of drug-likeness (QED) is 0.617. The lowest BCUT2D eigenvalue weighted by molar-refractivity contribution is -0.131. The summed E-state index contributed by atoms with van der Waals surface area (Å²) >= 11 is 0. The van der Waals surface area contributed by atoms with Gasteiger partial charge in [-0.1, -0.05) is 51.1 Å². The van der Waals surface area contributed by atoms with E-state index in [0.29, 0.717) is 31.0 Å². The highest BCUT2D eigenvalue weighted by Crippen LogP contribution is 2.28. The highest BCUT2D eigenvalue weighted by Gasteiger charge is 2.33. The van der Waals surface area contributed by atoms with E-state index in [1.807, 2.05) is 55.7 Å². The van der Waals surface area contributed by atoms with Gasteiger partial charge in [0.1, 0.15) is 11.9 Å². The average Bonchev–Trinajstić information content (AvgIpc) is 2.97. The third-order valence-corrected chi connectivity index (χ3v) is 7.90. The van der Waals surface area contributed by atoms with Gasteiger partial charge >= 0.3 is 0 Å². The van der Waals surface area contributed by atoms with Crippen LogP contribution >= 0.6 is 0 Å². The molecule has 2 amide bonds. The first-order valence-corrected chi connectivity index (χ1v) is 13.2. The maximum atomic E-state index is 13.1. The smallest absolute Gasteiger partial charge is 0.242 e. The summed E-state index contributed by atoms with van der Waals surface area (Å²) in [6.45, 7) is 8.47. The van der Waals surface area contributed by atoms with Crippen molar-refractivity contribution in [2.45, 2.75) is 59.7 Å². The van der Waals surface area contributed by atoms with E-state index >= 15 is 0 Å². The van der Waals surface area contributed by atoms with Crippen molar-refractivity contribution in [3.8, 4) is 11.4 Å². The number of nitrogens with zero attached hydrogens (tertiary/aromatic N) is 3. The molecule has 0 spiro atoms. The molecule has 34 heavy (non-hydrogen) atoms. The van der Waals surface area contributed by atoms with E-state index in [-0.39, 0.29) is 30.5 Å². The standard InChI is InChI=1S/C24H35N5O4S/c1-6-34(32,33)28-13-10-14-29-19(16-28)18(26-22(29)17-11-8-7-9-12-17)15-20(30)27-21(23(31)25-5)24(2,3)4/h7-9,11-12,21H,6,10,13-16H2,1-5H3,(H,25,31)(H,27,30)/t21-/m1/s1. The fraction of sp³-hybridized carbons (Fsp3) is 0.542. The maximum absolute atomic E-state index is 13.1. The monoisotopic (exact) mass is 489 g/mol. The van der Waals surface area contributed by atoms with Crippen LogP contribution in [0.4, 0.5) is 0 Å². The van der Waals surface area contributed by atoms with Gasteiger partial charge in [0, 0.05) is 25.7 Å². The molecule has 0 unspecified atom stereocenters. The highest BCUT2D eigenvalue weighted by molar-refractivity contribution is 7.89. The number of likely N-dealkylation sites (N-methyl/N-ethyl adjacent to an activating group) is 1. The van der Waals surface area contributed by atoms with Crippen LogP contribution in [0.5, 0.6) is 0 Å². The first-order chi connectivity index (χ1) is 16.0. The second-order valence-electron chi connectivity index (χ2n) is 9.59. The Labute approximate surface area is 202 Å². The Hall–Kier alpha value is -2.72. The number of imidazole rings is 1. The number of amides is 2. The molecule has 2 aromatic rings. The molecule has 0 radical (unpaired) electrons. The molecule has 1 aromatic carbocycles. The zero-order chi connectivity index (χ0) is 25.1. The van der Waals surface area contributed by atoms with Crippen molar-refractivity contribution in [1.29, 1.82) is 0 Å². The van der Waals surface area contributed by atoms with E-state index in [4.69, 9.17) is 4.98 Å². The number of nitrogens with one attached hydrogen (secondary N) is 2. The lowest BCUT2D eigenvalue weighted by atomic mass is 9.86. The van der Waals surface area contributed by atoms with E-state index in [0.717, 1.165) is 11.3 Å². The number of carbonyl (C=O) groups is 2. The van der Waals surface area contributed by atoms with E-state index in [2.05, 4.69) is 10.6 Å².